The summed E-state index contributed by atoms with van der Waals surface area (Å²) < 4.78 is 0. The van der Waals surface area contributed by atoms with Crippen LogP contribution in [0.2, 0.25) is 5.02 Å². The van der Waals surface area contributed by atoms with Crippen LogP contribution in [-0.4, -0.2) is 33.6 Å². The summed E-state index contributed by atoms with van der Waals surface area (Å²) in [5.41, 5.74) is 2.49. The van der Waals surface area contributed by atoms with Gasteiger partial charge in [0.1, 0.15) is 5.01 Å². The van der Waals surface area contributed by atoms with E-state index < -0.39 is 0 Å². The normalized spacial score (nSPS) is 15.7. The molecule has 0 bridgehead atoms. The van der Waals surface area contributed by atoms with E-state index in [2.05, 4.69) is 27.8 Å². The fraction of sp³-hybridized carbons (Fsp3) is 0.273. The molecular formula is C22H22ClN5O2S. The molecule has 2 N–H and O–H groups in total. The van der Waals surface area contributed by atoms with Crippen LogP contribution in [0.5, 0.6) is 0 Å². The molecule has 1 aliphatic heterocycles. The van der Waals surface area contributed by atoms with Crippen LogP contribution in [0.15, 0.2) is 48.5 Å². The summed E-state index contributed by atoms with van der Waals surface area (Å²) in [6.45, 7) is 2.69. The molecule has 2 heterocycles. The molecule has 7 nitrogen and oxygen atoms in total. The molecule has 0 radical (unpaired) electrons. The lowest BCUT2D eigenvalue weighted by atomic mass is 10.1. The Balaban J connectivity index is 1.46. The van der Waals surface area contributed by atoms with Crippen molar-refractivity contribution < 1.29 is 9.59 Å². The molecule has 0 aliphatic carbocycles. The first-order valence-corrected chi connectivity index (χ1v) is 11.3. The van der Waals surface area contributed by atoms with Crippen molar-refractivity contribution in [3.63, 3.8) is 0 Å². The van der Waals surface area contributed by atoms with Crippen molar-refractivity contribution >= 4 is 46.3 Å². The second-order valence-corrected chi connectivity index (χ2v) is 8.65. The van der Waals surface area contributed by atoms with Crippen molar-refractivity contribution in [2.45, 2.75) is 32.2 Å². The molecule has 160 valence electrons. The smallest absolute Gasteiger partial charge is 0.320 e. The summed E-state index contributed by atoms with van der Waals surface area (Å²) in [4.78, 5) is 27.3. The SMILES string of the molecule is CCc1ccccc1NC(=O)N1CCCC1c1nnc(C(=O)Nc2cccc(Cl)c2)s1. The first kappa shape index (κ1) is 21.3. The van der Waals surface area contributed by atoms with E-state index in [1.165, 1.54) is 11.3 Å². The number of amides is 3. The van der Waals surface area contributed by atoms with E-state index in [9.17, 15) is 9.59 Å². The van der Waals surface area contributed by atoms with Gasteiger partial charge in [-0.2, -0.15) is 0 Å². The Morgan fingerprint density at radius 3 is 2.81 bits per heavy atom. The molecule has 9 heteroatoms. The Morgan fingerprint density at radius 1 is 1.16 bits per heavy atom. The highest BCUT2D eigenvalue weighted by atomic mass is 35.5. The molecule has 3 aromatic rings. The van der Waals surface area contributed by atoms with Crippen LogP contribution < -0.4 is 10.6 Å². The van der Waals surface area contributed by atoms with Gasteiger partial charge < -0.3 is 15.5 Å². The lowest BCUT2D eigenvalue weighted by molar-refractivity contribution is 0.102. The highest BCUT2D eigenvalue weighted by Crippen LogP contribution is 2.34. The molecule has 1 unspecified atom stereocenters. The van der Waals surface area contributed by atoms with Gasteiger partial charge in [0.2, 0.25) is 5.01 Å². The lowest BCUT2D eigenvalue weighted by Gasteiger charge is -2.23. The van der Waals surface area contributed by atoms with Crippen molar-refractivity contribution in [3.05, 3.63) is 69.1 Å². The Kier molecular flexibility index (Phi) is 6.48. The molecule has 3 amide bonds. The average molecular weight is 456 g/mol. The van der Waals surface area contributed by atoms with Crippen LogP contribution in [0.25, 0.3) is 0 Å². The fourth-order valence-electron chi connectivity index (χ4n) is 3.62. The third-order valence-electron chi connectivity index (χ3n) is 5.16. The Morgan fingerprint density at radius 2 is 2.00 bits per heavy atom. The zero-order valence-electron chi connectivity index (χ0n) is 17.0. The number of aryl methyl sites for hydroxylation is 1. The maximum atomic E-state index is 13.0. The number of para-hydroxylation sites is 1. The number of aromatic nitrogens is 2. The second-order valence-electron chi connectivity index (χ2n) is 7.20. The quantitative estimate of drug-likeness (QED) is 0.541. The predicted molar refractivity (Wildman–Crippen MR) is 123 cm³/mol. The van der Waals surface area contributed by atoms with Crippen LogP contribution in [0.1, 0.15) is 46.2 Å². The highest BCUT2D eigenvalue weighted by Gasteiger charge is 2.33. The van der Waals surface area contributed by atoms with Crippen molar-refractivity contribution in [2.24, 2.45) is 0 Å². The van der Waals surface area contributed by atoms with E-state index in [1.807, 2.05) is 24.3 Å². The van der Waals surface area contributed by atoms with E-state index >= 15 is 0 Å². The number of likely N-dealkylation sites (tertiary alicyclic amines) is 1. The molecule has 1 fully saturated rings. The first-order chi connectivity index (χ1) is 15.0. The van der Waals surface area contributed by atoms with E-state index in [0.29, 0.717) is 22.3 Å². The summed E-state index contributed by atoms with van der Waals surface area (Å²) in [6, 6.07) is 14.3. The monoisotopic (exact) mass is 455 g/mol. The van der Waals surface area contributed by atoms with E-state index in [4.69, 9.17) is 11.6 Å². The second kappa shape index (κ2) is 9.45. The number of carbonyl (C=O) groups excluding carboxylic acids is 2. The molecular weight excluding hydrogens is 434 g/mol. The summed E-state index contributed by atoms with van der Waals surface area (Å²) in [6.07, 6.45) is 2.49. The summed E-state index contributed by atoms with van der Waals surface area (Å²) in [7, 11) is 0. The molecule has 1 saturated heterocycles. The van der Waals surface area contributed by atoms with Gasteiger partial charge in [0.05, 0.1) is 6.04 Å². The van der Waals surface area contributed by atoms with Crippen molar-refractivity contribution in [1.82, 2.24) is 15.1 Å². The van der Waals surface area contributed by atoms with Crippen LogP contribution in [0.4, 0.5) is 16.2 Å². The van der Waals surface area contributed by atoms with Crippen molar-refractivity contribution in [3.8, 4) is 0 Å². The van der Waals surface area contributed by atoms with Crippen molar-refractivity contribution in [2.75, 3.05) is 17.2 Å². The van der Waals surface area contributed by atoms with Gasteiger partial charge in [0, 0.05) is 22.9 Å². The maximum absolute atomic E-state index is 13.0. The molecule has 1 atom stereocenters. The number of hydrogen-bond acceptors (Lipinski definition) is 5. The number of anilines is 2. The van der Waals surface area contributed by atoms with E-state index in [-0.39, 0.29) is 23.0 Å². The minimum absolute atomic E-state index is 0.163. The average Bonchev–Trinajstić information content (AvgIpc) is 3.44. The number of urea groups is 1. The van der Waals surface area contributed by atoms with Crippen LogP contribution in [0, 0.1) is 0 Å². The van der Waals surface area contributed by atoms with Crippen molar-refractivity contribution in [1.29, 1.82) is 0 Å². The molecule has 1 aromatic heterocycles. The molecule has 0 spiro atoms. The number of nitrogens with one attached hydrogen (secondary N) is 2. The number of nitrogens with zero attached hydrogens (tertiary/aromatic N) is 3. The van der Waals surface area contributed by atoms with Gasteiger partial charge in [0.25, 0.3) is 5.91 Å². The number of carbonyl (C=O) groups is 2. The van der Waals surface area contributed by atoms with Gasteiger partial charge in [-0.1, -0.05) is 54.1 Å². The molecule has 2 aromatic carbocycles. The highest BCUT2D eigenvalue weighted by molar-refractivity contribution is 7.13. The number of benzene rings is 2. The zero-order chi connectivity index (χ0) is 21.8. The van der Waals surface area contributed by atoms with Gasteiger partial charge in [-0.15, -0.1) is 10.2 Å². The third kappa shape index (κ3) is 4.86. The Labute approximate surface area is 189 Å². The minimum Gasteiger partial charge on any atom is -0.320 e. The third-order valence-corrected chi connectivity index (χ3v) is 6.41. The van der Waals surface area contributed by atoms with Crippen LogP contribution in [-0.2, 0) is 6.42 Å². The first-order valence-electron chi connectivity index (χ1n) is 10.1. The molecule has 4 rings (SSSR count). The Bertz CT molecular complexity index is 1100. The Hall–Kier alpha value is -2.97. The maximum Gasteiger partial charge on any atom is 0.322 e. The van der Waals surface area contributed by atoms with Gasteiger partial charge in [-0.05, 0) is 49.1 Å². The summed E-state index contributed by atoms with van der Waals surface area (Å²) in [5, 5.41) is 15.5. The van der Waals surface area contributed by atoms with Gasteiger partial charge >= 0.3 is 6.03 Å². The van der Waals surface area contributed by atoms with E-state index in [0.717, 1.165) is 30.5 Å². The summed E-state index contributed by atoms with van der Waals surface area (Å²) >= 11 is 7.18. The lowest BCUT2D eigenvalue weighted by Crippen LogP contribution is -2.34. The molecule has 0 saturated carbocycles. The number of hydrogen-bond donors (Lipinski definition) is 2. The number of halogens is 1. The summed E-state index contributed by atoms with van der Waals surface area (Å²) in [5.74, 6) is -0.350. The topological polar surface area (TPSA) is 87.2 Å². The van der Waals surface area contributed by atoms with Gasteiger partial charge in [-0.3, -0.25) is 4.79 Å². The van der Waals surface area contributed by atoms with Gasteiger partial charge in [0.15, 0.2) is 0 Å². The largest absolute Gasteiger partial charge is 0.322 e. The van der Waals surface area contributed by atoms with Crippen LogP contribution >= 0.6 is 22.9 Å². The predicted octanol–water partition coefficient (Wildman–Crippen LogP) is 5.38. The fourth-order valence-corrected chi connectivity index (χ4v) is 4.69. The number of rotatable bonds is 5. The molecule has 31 heavy (non-hydrogen) atoms. The van der Waals surface area contributed by atoms with Gasteiger partial charge in [-0.25, -0.2) is 4.79 Å². The molecule has 1 aliphatic rings. The van der Waals surface area contributed by atoms with E-state index in [1.54, 1.807) is 29.2 Å². The minimum atomic E-state index is -0.350. The van der Waals surface area contributed by atoms with Crippen LogP contribution in [0.3, 0.4) is 0 Å². The zero-order valence-corrected chi connectivity index (χ0v) is 18.5. The standard InChI is InChI=1S/C22H22ClN5O2S/c1-2-14-7-3-4-10-17(14)25-22(30)28-12-6-11-18(28)20-26-27-21(31-20)19(29)24-16-9-5-8-15(23)13-16/h3-5,7-10,13,18H,2,6,11-12H2,1H3,(H,24,29)(H,25,30).